The Labute approximate surface area is 125 Å². The van der Waals surface area contributed by atoms with Crippen molar-refractivity contribution in [3.05, 3.63) is 24.3 Å². The van der Waals surface area contributed by atoms with Crippen LogP contribution in [0.5, 0.6) is 5.75 Å². The van der Waals surface area contributed by atoms with Gasteiger partial charge in [0, 0.05) is 24.2 Å². The molecule has 1 saturated carbocycles. The highest BCUT2D eigenvalue weighted by Gasteiger charge is 2.29. The van der Waals surface area contributed by atoms with Gasteiger partial charge < -0.3 is 15.4 Å². The first-order chi connectivity index (χ1) is 10.2. The molecular formula is C16H22N2O3. The number of hydrogen-bond donors (Lipinski definition) is 2. The van der Waals surface area contributed by atoms with Crippen LogP contribution in [0.1, 0.15) is 32.6 Å². The Hall–Kier alpha value is -2.04. The van der Waals surface area contributed by atoms with Crippen LogP contribution in [-0.4, -0.2) is 25.0 Å². The predicted octanol–water partition coefficient (Wildman–Crippen LogP) is 2.33. The molecule has 1 aliphatic rings. The van der Waals surface area contributed by atoms with Crippen LogP contribution in [0.15, 0.2) is 24.3 Å². The van der Waals surface area contributed by atoms with Crippen molar-refractivity contribution in [2.24, 2.45) is 5.92 Å². The lowest BCUT2D eigenvalue weighted by atomic mass is 10.3. The minimum Gasteiger partial charge on any atom is -0.484 e. The summed E-state index contributed by atoms with van der Waals surface area (Å²) < 4.78 is 5.43. The molecule has 0 bridgehead atoms. The highest BCUT2D eigenvalue weighted by molar-refractivity contribution is 5.94. The van der Waals surface area contributed by atoms with E-state index in [1.165, 1.54) is 0 Å². The quantitative estimate of drug-likeness (QED) is 0.722. The highest BCUT2D eigenvalue weighted by atomic mass is 16.5. The molecule has 21 heavy (non-hydrogen) atoms. The van der Waals surface area contributed by atoms with E-state index in [1.807, 2.05) is 6.07 Å². The summed E-state index contributed by atoms with van der Waals surface area (Å²) in [6.45, 7) is 2.74. The molecule has 2 N–H and O–H groups in total. The summed E-state index contributed by atoms with van der Waals surface area (Å²) in [5, 5.41) is 5.64. The molecule has 1 aromatic carbocycles. The van der Waals surface area contributed by atoms with E-state index in [-0.39, 0.29) is 24.3 Å². The average molecular weight is 290 g/mol. The minimum atomic E-state index is -0.129. The zero-order valence-electron chi connectivity index (χ0n) is 12.4. The zero-order chi connectivity index (χ0) is 15.1. The van der Waals surface area contributed by atoms with Gasteiger partial charge in [0.1, 0.15) is 5.75 Å². The molecule has 0 aromatic heterocycles. The van der Waals surface area contributed by atoms with E-state index in [0.29, 0.717) is 18.0 Å². The van der Waals surface area contributed by atoms with E-state index in [2.05, 4.69) is 17.6 Å². The van der Waals surface area contributed by atoms with Gasteiger partial charge in [0.25, 0.3) is 5.91 Å². The molecule has 0 unspecified atom stereocenters. The molecule has 114 valence electrons. The number of rotatable bonds is 8. The summed E-state index contributed by atoms with van der Waals surface area (Å²) >= 11 is 0. The SMILES string of the molecule is CCCCNC(=O)COc1cccc(NC(=O)C2CC2)c1. The third-order valence-corrected chi connectivity index (χ3v) is 3.27. The Bertz CT molecular complexity index is 498. The van der Waals surface area contributed by atoms with Gasteiger partial charge in [-0.1, -0.05) is 19.4 Å². The fraction of sp³-hybridized carbons (Fsp3) is 0.500. The summed E-state index contributed by atoms with van der Waals surface area (Å²) in [5.41, 5.74) is 0.704. The van der Waals surface area contributed by atoms with E-state index >= 15 is 0 Å². The first kappa shape index (κ1) is 15.4. The average Bonchev–Trinajstić information content (AvgIpc) is 3.30. The number of hydrogen-bond acceptors (Lipinski definition) is 3. The summed E-state index contributed by atoms with van der Waals surface area (Å²) in [6.07, 6.45) is 3.96. The molecule has 0 aliphatic heterocycles. The Morgan fingerprint density at radius 2 is 2.14 bits per heavy atom. The Balaban J connectivity index is 1.77. The molecule has 0 radical (unpaired) electrons. The van der Waals surface area contributed by atoms with E-state index in [4.69, 9.17) is 4.74 Å². The minimum absolute atomic E-state index is 0.0102. The second kappa shape index (κ2) is 7.67. The van der Waals surface area contributed by atoms with Crippen molar-refractivity contribution in [3.8, 4) is 5.75 Å². The van der Waals surface area contributed by atoms with Crippen LogP contribution in [0.25, 0.3) is 0 Å². The van der Waals surface area contributed by atoms with Gasteiger partial charge in [-0.05, 0) is 31.4 Å². The summed E-state index contributed by atoms with van der Waals surface area (Å²) in [7, 11) is 0. The van der Waals surface area contributed by atoms with Crippen LogP contribution in [0, 0.1) is 5.92 Å². The maximum atomic E-state index is 11.7. The number of nitrogens with one attached hydrogen (secondary N) is 2. The predicted molar refractivity (Wildman–Crippen MR) is 81.2 cm³/mol. The number of ether oxygens (including phenoxy) is 1. The molecule has 2 rings (SSSR count). The number of amides is 2. The second-order valence-corrected chi connectivity index (χ2v) is 5.28. The molecule has 0 spiro atoms. The van der Waals surface area contributed by atoms with Crippen LogP contribution in [0.3, 0.4) is 0 Å². The monoisotopic (exact) mass is 290 g/mol. The van der Waals surface area contributed by atoms with Crippen LogP contribution >= 0.6 is 0 Å². The Morgan fingerprint density at radius 3 is 2.86 bits per heavy atom. The highest BCUT2D eigenvalue weighted by Crippen LogP contribution is 2.30. The number of carbonyl (C=O) groups excluding carboxylic acids is 2. The van der Waals surface area contributed by atoms with Crippen LogP contribution in [0.4, 0.5) is 5.69 Å². The van der Waals surface area contributed by atoms with Crippen molar-refractivity contribution in [2.45, 2.75) is 32.6 Å². The van der Waals surface area contributed by atoms with E-state index in [1.54, 1.807) is 18.2 Å². The largest absolute Gasteiger partial charge is 0.484 e. The van der Waals surface area contributed by atoms with E-state index < -0.39 is 0 Å². The van der Waals surface area contributed by atoms with Gasteiger partial charge in [0.15, 0.2) is 6.61 Å². The number of carbonyl (C=O) groups is 2. The fourth-order valence-corrected chi connectivity index (χ4v) is 1.86. The van der Waals surface area contributed by atoms with Gasteiger partial charge in [-0.15, -0.1) is 0 Å². The van der Waals surface area contributed by atoms with Gasteiger partial charge in [-0.2, -0.15) is 0 Å². The molecule has 1 aromatic rings. The number of unbranched alkanes of at least 4 members (excludes halogenated alkanes) is 1. The molecule has 0 heterocycles. The molecule has 5 nitrogen and oxygen atoms in total. The van der Waals surface area contributed by atoms with Gasteiger partial charge in [-0.3, -0.25) is 9.59 Å². The van der Waals surface area contributed by atoms with Crippen LogP contribution in [-0.2, 0) is 9.59 Å². The maximum Gasteiger partial charge on any atom is 0.257 e. The lowest BCUT2D eigenvalue weighted by Crippen LogP contribution is -2.29. The maximum absolute atomic E-state index is 11.7. The van der Waals surface area contributed by atoms with Crippen molar-refractivity contribution in [2.75, 3.05) is 18.5 Å². The van der Waals surface area contributed by atoms with Crippen molar-refractivity contribution >= 4 is 17.5 Å². The molecule has 5 heteroatoms. The van der Waals surface area contributed by atoms with Crippen molar-refractivity contribution < 1.29 is 14.3 Å². The first-order valence-electron chi connectivity index (χ1n) is 7.49. The Morgan fingerprint density at radius 1 is 1.33 bits per heavy atom. The number of benzene rings is 1. The normalized spacial score (nSPS) is 13.6. The second-order valence-electron chi connectivity index (χ2n) is 5.28. The van der Waals surface area contributed by atoms with Crippen LogP contribution in [0.2, 0.25) is 0 Å². The number of anilines is 1. The van der Waals surface area contributed by atoms with Gasteiger partial charge in [0.05, 0.1) is 0 Å². The lowest BCUT2D eigenvalue weighted by Gasteiger charge is -2.09. The van der Waals surface area contributed by atoms with Crippen molar-refractivity contribution in [1.82, 2.24) is 5.32 Å². The molecule has 1 aliphatic carbocycles. The molecular weight excluding hydrogens is 268 g/mol. The molecule has 1 fully saturated rings. The Kier molecular flexibility index (Phi) is 5.60. The topological polar surface area (TPSA) is 67.4 Å². The summed E-state index contributed by atoms with van der Waals surface area (Å²) in [5.74, 6) is 0.675. The standard InChI is InChI=1S/C16H22N2O3/c1-2-3-9-17-15(19)11-21-14-6-4-5-13(10-14)18-16(20)12-7-8-12/h4-6,10,12H,2-3,7-9,11H2,1H3,(H,17,19)(H,18,20). The third-order valence-electron chi connectivity index (χ3n) is 3.27. The lowest BCUT2D eigenvalue weighted by molar-refractivity contribution is -0.123. The van der Waals surface area contributed by atoms with Crippen LogP contribution < -0.4 is 15.4 Å². The molecule has 0 saturated heterocycles. The van der Waals surface area contributed by atoms with Gasteiger partial charge in [0.2, 0.25) is 5.91 Å². The molecule has 0 atom stereocenters. The van der Waals surface area contributed by atoms with Crippen molar-refractivity contribution in [3.63, 3.8) is 0 Å². The fourth-order valence-electron chi connectivity index (χ4n) is 1.86. The van der Waals surface area contributed by atoms with E-state index in [0.717, 1.165) is 25.7 Å². The smallest absolute Gasteiger partial charge is 0.257 e. The van der Waals surface area contributed by atoms with Gasteiger partial charge in [-0.25, -0.2) is 0 Å². The summed E-state index contributed by atoms with van der Waals surface area (Å²) in [6, 6.07) is 7.12. The van der Waals surface area contributed by atoms with E-state index in [9.17, 15) is 9.59 Å². The van der Waals surface area contributed by atoms with Gasteiger partial charge >= 0.3 is 0 Å². The van der Waals surface area contributed by atoms with Crippen molar-refractivity contribution in [1.29, 1.82) is 0 Å². The first-order valence-corrected chi connectivity index (χ1v) is 7.49. The molecule has 2 amide bonds. The summed E-state index contributed by atoms with van der Waals surface area (Å²) in [4.78, 5) is 23.2. The third kappa shape index (κ3) is 5.45. The zero-order valence-corrected chi connectivity index (χ0v) is 12.4.